The minimum atomic E-state index is 1.06. The van der Waals surface area contributed by atoms with Crippen molar-refractivity contribution >= 4 is 11.3 Å². The fourth-order valence-electron chi connectivity index (χ4n) is 1.07. The summed E-state index contributed by atoms with van der Waals surface area (Å²) in [5.41, 5.74) is 2.35. The molecule has 2 heterocycles. The van der Waals surface area contributed by atoms with E-state index in [1.807, 2.05) is 30.8 Å². The minimum Gasteiger partial charge on any atom is -0.264 e. The first-order valence-electron chi connectivity index (χ1n) is 3.68. The third kappa shape index (κ3) is 1.23. The smallest absolute Gasteiger partial charge is 0.123 e. The van der Waals surface area contributed by atoms with Crippen LogP contribution in [0.15, 0.2) is 30.0 Å². The minimum absolute atomic E-state index is 1.06. The molecule has 2 rings (SSSR count). The second-order valence-electron chi connectivity index (χ2n) is 2.53. The molecule has 60 valence electrons. The van der Waals surface area contributed by atoms with Gasteiger partial charge in [-0.05, 0) is 18.6 Å². The normalized spacial score (nSPS) is 10.1. The van der Waals surface area contributed by atoms with Crippen LogP contribution in [0, 0.1) is 6.92 Å². The number of nitrogens with zero attached hydrogens (tertiary/aromatic N) is 2. The molecule has 0 saturated carbocycles. The first-order valence-corrected chi connectivity index (χ1v) is 4.56. The predicted octanol–water partition coefficient (Wildman–Crippen LogP) is 2.51. The van der Waals surface area contributed by atoms with E-state index < -0.39 is 0 Å². The molecule has 2 aromatic heterocycles. The van der Waals surface area contributed by atoms with E-state index in [0.29, 0.717) is 0 Å². The lowest BCUT2D eigenvalue weighted by molar-refractivity contribution is 1.26. The van der Waals surface area contributed by atoms with Crippen LogP contribution in [0.4, 0.5) is 0 Å². The summed E-state index contributed by atoms with van der Waals surface area (Å²) in [6.45, 7) is 2.05. The van der Waals surface area contributed by atoms with Crippen molar-refractivity contribution in [2.45, 2.75) is 6.92 Å². The third-order valence-corrected chi connectivity index (χ3v) is 2.49. The lowest BCUT2D eigenvalue weighted by atomic mass is 10.2. The zero-order chi connectivity index (χ0) is 8.39. The van der Waals surface area contributed by atoms with Gasteiger partial charge in [0.25, 0.3) is 0 Å². The average molecular weight is 176 g/mol. The van der Waals surface area contributed by atoms with Crippen LogP contribution in [-0.2, 0) is 0 Å². The molecule has 0 atom stereocenters. The molecule has 0 radical (unpaired) electrons. The summed E-state index contributed by atoms with van der Waals surface area (Å²) in [5, 5.41) is 3.05. The SMILES string of the molecule is Cc1cnccc1-c1nccs1. The van der Waals surface area contributed by atoms with Crippen LogP contribution in [0.25, 0.3) is 10.6 Å². The first-order chi connectivity index (χ1) is 5.88. The molecular formula is C9H8N2S. The molecule has 0 N–H and O–H groups in total. The zero-order valence-corrected chi connectivity index (χ0v) is 7.51. The van der Waals surface area contributed by atoms with Gasteiger partial charge in [-0.1, -0.05) is 0 Å². The number of aromatic nitrogens is 2. The maximum atomic E-state index is 4.24. The summed E-state index contributed by atoms with van der Waals surface area (Å²) in [6.07, 6.45) is 5.47. The highest BCUT2D eigenvalue weighted by atomic mass is 32.1. The van der Waals surface area contributed by atoms with E-state index in [0.717, 1.165) is 5.01 Å². The summed E-state index contributed by atoms with van der Waals surface area (Å²) < 4.78 is 0. The summed E-state index contributed by atoms with van der Waals surface area (Å²) in [7, 11) is 0. The van der Waals surface area contributed by atoms with Crippen LogP contribution in [-0.4, -0.2) is 9.97 Å². The first kappa shape index (κ1) is 7.43. The molecule has 0 aliphatic rings. The standard InChI is InChI=1S/C9H8N2S/c1-7-6-10-3-2-8(7)9-11-4-5-12-9/h2-6H,1H3. The number of aryl methyl sites for hydroxylation is 1. The molecule has 0 fully saturated rings. The Hall–Kier alpha value is -1.22. The molecule has 0 spiro atoms. The monoisotopic (exact) mass is 176 g/mol. The zero-order valence-electron chi connectivity index (χ0n) is 6.69. The van der Waals surface area contributed by atoms with Crippen LogP contribution in [0.1, 0.15) is 5.56 Å². The van der Waals surface area contributed by atoms with Gasteiger partial charge in [0.05, 0.1) is 0 Å². The van der Waals surface area contributed by atoms with Crippen molar-refractivity contribution in [3.63, 3.8) is 0 Å². The van der Waals surface area contributed by atoms with E-state index in [1.165, 1.54) is 11.1 Å². The Bertz CT molecular complexity index is 368. The van der Waals surface area contributed by atoms with Gasteiger partial charge in [0.2, 0.25) is 0 Å². The van der Waals surface area contributed by atoms with Crippen molar-refractivity contribution in [3.8, 4) is 10.6 Å². The van der Waals surface area contributed by atoms with E-state index >= 15 is 0 Å². The number of rotatable bonds is 1. The van der Waals surface area contributed by atoms with Crippen LogP contribution < -0.4 is 0 Å². The number of pyridine rings is 1. The molecule has 0 amide bonds. The molecule has 2 aromatic rings. The fraction of sp³-hybridized carbons (Fsp3) is 0.111. The number of thiazole rings is 1. The Morgan fingerprint density at radius 2 is 2.25 bits per heavy atom. The fourth-order valence-corrected chi connectivity index (χ4v) is 1.80. The van der Waals surface area contributed by atoms with Gasteiger partial charge in [-0.3, -0.25) is 4.98 Å². The van der Waals surface area contributed by atoms with E-state index in [1.54, 1.807) is 17.5 Å². The molecule has 0 aromatic carbocycles. The van der Waals surface area contributed by atoms with E-state index in [9.17, 15) is 0 Å². The summed E-state index contributed by atoms with van der Waals surface area (Å²) in [6, 6.07) is 1.99. The highest BCUT2D eigenvalue weighted by Crippen LogP contribution is 2.23. The molecular weight excluding hydrogens is 168 g/mol. The molecule has 2 nitrogen and oxygen atoms in total. The lowest BCUT2D eigenvalue weighted by Gasteiger charge is -1.98. The van der Waals surface area contributed by atoms with Crippen molar-refractivity contribution in [1.82, 2.24) is 9.97 Å². The Labute approximate surface area is 74.9 Å². The molecule has 0 aliphatic carbocycles. The quantitative estimate of drug-likeness (QED) is 0.667. The van der Waals surface area contributed by atoms with Crippen molar-refractivity contribution in [1.29, 1.82) is 0 Å². The molecule has 0 unspecified atom stereocenters. The summed E-state index contributed by atoms with van der Waals surface area (Å²) >= 11 is 1.65. The van der Waals surface area contributed by atoms with Crippen molar-refractivity contribution in [2.75, 3.05) is 0 Å². The van der Waals surface area contributed by atoms with Crippen LogP contribution in [0.5, 0.6) is 0 Å². The largest absolute Gasteiger partial charge is 0.264 e. The van der Waals surface area contributed by atoms with Gasteiger partial charge in [-0.25, -0.2) is 4.98 Å². The third-order valence-electron chi connectivity index (χ3n) is 1.68. The van der Waals surface area contributed by atoms with Crippen LogP contribution >= 0.6 is 11.3 Å². The van der Waals surface area contributed by atoms with Gasteiger partial charge in [0, 0.05) is 29.5 Å². The van der Waals surface area contributed by atoms with E-state index in [4.69, 9.17) is 0 Å². The molecule has 12 heavy (non-hydrogen) atoms. The summed E-state index contributed by atoms with van der Waals surface area (Å²) in [5.74, 6) is 0. The van der Waals surface area contributed by atoms with Gasteiger partial charge in [-0.2, -0.15) is 0 Å². The Kier molecular flexibility index (Phi) is 1.87. The maximum Gasteiger partial charge on any atom is 0.123 e. The van der Waals surface area contributed by atoms with Gasteiger partial charge in [0.1, 0.15) is 5.01 Å². The maximum absolute atomic E-state index is 4.24. The van der Waals surface area contributed by atoms with Crippen molar-refractivity contribution < 1.29 is 0 Å². The summed E-state index contributed by atoms with van der Waals surface area (Å²) in [4.78, 5) is 8.27. The predicted molar refractivity (Wildman–Crippen MR) is 50.1 cm³/mol. The lowest BCUT2D eigenvalue weighted by Crippen LogP contribution is -1.82. The average Bonchev–Trinajstić information content (AvgIpc) is 2.57. The van der Waals surface area contributed by atoms with Gasteiger partial charge in [-0.15, -0.1) is 11.3 Å². The van der Waals surface area contributed by atoms with Gasteiger partial charge >= 0.3 is 0 Å². The van der Waals surface area contributed by atoms with Crippen molar-refractivity contribution in [3.05, 3.63) is 35.6 Å². The Morgan fingerprint density at radius 3 is 2.92 bits per heavy atom. The highest BCUT2D eigenvalue weighted by molar-refractivity contribution is 7.13. The molecule has 0 saturated heterocycles. The van der Waals surface area contributed by atoms with Gasteiger partial charge < -0.3 is 0 Å². The molecule has 0 bridgehead atoms. The Balaban J connectivity index is 2.55. The van der Waals surface area contributed by atoms with E-state index in [2.05, 4.69) is 9.97 Å². The highest BCUT2D eigenvalue weighted by Gasteiger charge is 2.01. The van der Waals surface area contributed by atoms with Gasteiger partial charge in [0.15, 0.2) is 0 Å². The van der Waals surface area contributed by atoms with Crippen LogP contribution in [0.3, 0.4) is 0 Å². The second-order valence-corrected chi connectivity index (χ2v) is 3.42. The van der Waals surface area contributed by atoms with Crippen molar-refractivity contribution in [2.24, 2.45) is 0 Å². The van der Waals surface area contributed by atoms with E-state index in [-0.39, 0.29) is 0 Å². The van der Waals surface area contributed by atoms with Crippen LogP contribution in [0.2, 0.25) is 0 Å². The topological polar surface area (TPSA) is 25.8 Å². The Morgan fingerprint density at radius 1 is 1.33 bits per heavy atom. The number of hydrogen-bond acceptors (Lipinski definition) is 3. The second kappa shape index (κ2) is 3.03. The number of hydrogen-bond donors (Lipinski definition) is 0. The molecule has 0 aliphatic heterocycles. The molecule has 3 heteroatoms.